The molecule has 0 aromatic carbocycles. The smallest absolute Gasteiger partial charge is 0.320 e. The summed E-state index contributed by atoms with van der Waals surface area (Å²) < 4.78 is 0. The number of carbonyl (C=O) groups is 6. The minimum absolute atomic E-state index is 0. The standard InChI is InChI=1S/3C5H9NO4.2Gd/c3*6-3(5(9)10)1-2-4(7)8;;/h3*3H,1-2,6H2,(H,7,8)(H,9,10);;/t3*3-;;/m100../s1. The number of carboxylic acids is 6. The Hall–Kier alpha value is -0.651. The van der Waals surface area contributed by atoms with Gasteiger partial charge in [0.15, 0.2) is 0 Å². The summed E-state index contributed by atoms with van der Waals surface area (Å²) in [5.74, 6) is -6.59. The van der Waals surface area contributed by atoms with Crippen molar-refractivity contribution in [3.8, 4) is 0 Å². The van der Waals surface area contributed by atoms with Gasteiger partial charge >= 0.3 is 35.8 Å². The van der Waals surface area contributed by atoms with Crippen molar-refractivity contribution < 1.29 is 139 Å². The van der Waals surface area contributed by atoms with Crippen LogP contribution in [0.5, 0.6) is 0 Å². The Kier molecular flexibility index (Phi) is 32.5. The van der Waals surface area contributed by atoms with Crippen LogP contribution in [0.3, 0.4) is 0 Å². The summed E-state index contributed by atoms with van der Waals surface area (Å²) in [4.78, 5) is 59.6. The molecule has 0 amide bonds. The van der Waals surface area contributed by atoms with Crippen LogP contribution in [0.25, 0.3) is 0 Å². The third-order valence-corrected chi connectivity index (χ3v) is 2.96. The molecule has 3 atom stereocenters. The fraction of sp³-hybridized carbons (Fsp3) is 0.600. The van der Waals surface area contributed by atoms with Crippen molar-refractivity contribution in [2.75, 3.05) is 0 Å². The predicted octanol–water partition coefficient (Wildman–Crippen LogP) is -2.21. The van der Waals surface area contributed by atoms with E-state index in [1.54, 1.807) is 0 Å². The van der Waals surface area contributed by atoms with Gasteiger partial charge in [0.05, 0.1) is 0 Å². The van der Waals surface area contributed by atoms with Crippen LogP contribution < -0.4 is 17.2 Å². The summed E-state index contributed by atoms with van der Waals surface area (Å²) >= 11 is 0. The van der Waals surface area contributed by atoms with E-state index in [1.807, 2.05) is 0 Å². The van der Waals surface area contributed by atoms with Crippen LogP contribution in [-0.2, 0) is 28.8 Å². The summed E-state index contributed by atoms with van der Waals surface area (Å²) in [6, 6.07) is -3.18. The molecule has 0 fully saturated rings. The molecular weight excluding hydrogens is 729 g/mol. The first-order chi connectivity index (χ1) is 13.6. The minimum atomic E-state index is -1.17. The van der Waals surface area contributed by atoms with Gasteiger partial charge in [0.2, 0.25) is 0 Å². The molecule has 17 heteroatoms. The van der Waals surface area contributed by atoms with E-state index in [0.717, 1.165) is 0 Å². The molecule has 0 aliphatic heterocycles. The summed E-state index contributed by atoms with van der Waals surface area (Å²) in [7, 11) is 0. The van der Waals surface area contributed by atoms with Crippen LogP contribution in [0, 0.1) is 79.9 Å². The summed E-state index contributed by atoms with van der Waals surface area (Å²) in [6.45, 7) is 0. The number of carboxylic acid groups (broad SMARTS) is 6. The molecule has 0 unspecified atom stereocenters. The Labute approximate surface area is 246 Å². The number of hydrogen-bond donors (Lipinski definition) is 9. The van der Waals surface area contributed by atoms with Crippen molar-refractivity contribution in [2.24, 2.45) is 17.2 Å². The van der Waals surface area contributed by atoms with E-state index in [1.165, 1.54) is 0 Å². The molecule has 0 rings (SSSR count). The van der Waals surface area contributed by atoms with Crippen LogP contribution in [0.1, 0.15) is 38.5 Å². The van der Waals surface area contributed by atoms with Gasteiger partial charge in [-0.3, -0.25) is 28.8 Å². The van der Waals surface area contributed by atoms with E-state index in [9.17, 15) is 28.8 Å². The maximum Gasteiger partial charge on any atom is 0.320 e. The molecule has 32 heavy (non-hydrogen) atoms. The monoisotopic (exact) mass is 757 g/mol. The molecule has 0 aromatic rings. The molecule has 0 radical (unpaired) electrons. The maximum absolute atomic E-state index is 9.99. The van der Waals surface area contributed by atoms with Gasteiger partial charge in [-0.15, -0.1) is 0 Å². The number of aliphatic carboxylic acids is 6. The van der Waals surface area contributed by atoms with Crippen molar-refractivity contribution in [3.63, 3.8) is 0 Å². The Morgan fingerprint density at radius 2 is 0.625 bits per heavy atom. The molecule has 190 valence electrons. The van der Waals surface area contributed by atoms with Crippen LogP contribution in [-0.4, -0.2) is 84.6 Å². The summed E-state index contributed by atoms with van der Waals surface area (Å²) in [6.07, 6.45) is -0.672. The van der Waals surface area contributed by atoms with Crippen molar-refractivity contribution in [3.05, 3.63) is 0 Å². The first-order valence-corrected chi connectivity index (χ1v) is 8.22. The fourth-order valence-corrected chi connectivity index (χ4v) is 1.21. The second kappa shape index (κ2) is 25.0. The molecule has 15 nitrogen and oxygen atoms in total. The molecule has 0 aliphatic carbocycles. The van der Waals surface area contributed by atoms with E-state index in [2.05, 4.69) is 0 Å². The van der Waals surface area contributed by atoms with E-state index in [0.29, 0.717) is 0 Å². The molecule has 0 aliphatic rings. The molecule has 0 aromatic heterocycles. The van der Waals surface area contributed by atoms with Crippen LogP contribution in [0.4, 0.5) is 0 Å². The minimum Gasteiger partial charge on any atom is -0.481 e. The molecule has 0 saturated carbocycles. The van der Waals surface area contributed by atoms with Crippen molar-refractivity contribution in [2.45, 2.75) is 56.7 Å². The van der Waals surface area contributed by atoms with Crippen molar-refractivity contribution in [1.82, 2.24) is 0 Å². The topological polar surface area (TPSA) is 302 Å². The molecule has 12 N–H and O–H groups in total. The first kappa shape index (κ1) is 41.6. The zero-order chi connectivity index (χ0) is 24.4. The zero-order valence-corrected chi connectivity index (χ0v) is 21.1. The SMILES string of the molecule is N[C@@H](CCC(=O)O)C(=O)O.N[C@@H](CCC(=O)O)C(=O)O.N[C@H](CCC(=O)O)C(=O)O.[Gd].[Gd]. The maximum atomic E-state index is 9.99. The largest absolute Gasteiger partial charge is 0.481 e. The number of nitrogens with two attached hydrogens (primary N) is 3. The van der Waals surface area contributed by atoms with Gasteiger partial charge in [0, 0.05) is 99.1 Å². The van der Waals surface area contributed by atoms with Gasteiger partial charge < -0.3 is 47.8 Å². The first-order valence-electron chi connectivity index (χ1n) is 8.22. The normalized spacial score (nSPS) is 11.7. The Morgan fingerprint density at radius 3 is 0.719 bits per heavy atom. The number of rotatable bonds is 12. The molecular formula is C15H27Gd2N3O12. The quantitative estimate of drug-likeness (QED) is 0.102. The van der Waals surface area contributed by atoms with Gasteiger partial charge in [0.1, 0.15) is 18.1 Å². The van der Waals surface area contributed by atoms with Gasteiger partial charge in [0.25, 0.3) is 0 Å². The van der Waals surface area contributed by atoms with Crippen molar-refractivity contribution >= 4 is 35.8 Å². The fourth-order valence-electron chi connectivity index (χ4n) is 1.21. The van der Waals surface area contributed by atoms with E-state index in [4.69, 9.17) is 47.8 Å². The van der Waals surface area contributed by atoms with E-state index < -0.39 is 53.9 Å². The Bertz CT molecular complexity index is 525. The van der Waals surface area contributed by atoms with E-state index in [-0.39, 0.29) is 118 Å². The van der Waals surface area contributed by atoms with Gasteiger partial charge in [-0.05, 0) is 19.3 Å². The van der Waals surface area contributed by atoms with Gasteiger partial charge in [-0.1, -0.05) is 0 Å². The third-order valence-electron chi connectivity index (χ3n) is 2.96. The molecule has 0 saturated heterocycles. The summed E-state index contributed by atoms with van der Waals surface area (Å²) in [5, 5.41) is 48.8. The number of hydrogen-bond acceptors (Lipinski definition) is 9. The van der Waals surface area contributed by atoms with Gasteiger partial charge in [-0.2, -0.15) is 0 Å². The zero-order valence-electron chi connectivity index (χ0n) is 16.5. The third kappa shape index (κ3) is 34.0. The molecule has 0 bridgehead atoms. The predicted molar refractivity (Wildman–Crippen MR) is 97.4 cm³/mol. The van der Waals surface area contributed by atoms with Crippen LogP contribution in [0.15, 0.2) is 0 Å². The second-order valence-corrected chi connectivity index (χ2v) is 5.63. The second-order valence-electron chi connectivity index (χ2n) is 5.63. The van der Waals surface area contributed by atoms with Crippen LogP contribution in [0.2, 0.25) is 0 Å². The van der Waals surface area contributed by atoms with Crippen molar-refractivity contribution in [1.29, 1.82) is 0 Å². The average Bonchev–Trinajstić information content (AvgIpc) is 2.62. The molecule has 0 heterocycles. The van der Waals surface area contributed by atoms with Gasteiger partial charge in [-0.25, -0.2) is 0 Å². The molecule has 0 spiro atoms. The average molecular weight is 756 g/mol. The van der Waals surface area contributed by atoms with Crippen LogP contribution >= 0.6 is 0 Å². The Balaban J connectivity index is -0.000000110. The van der Waals surface area contributed by atoms with E-state index >= 15 is 0 Å². The summed E-state index contributed by atoms with van der Waals surface area (Å²) in [5.41, 5.74) is 15.0. The Morgan fingerprint density at radius 1 is 0.469 bits per heavy atom.